The van der Waals surface area contributed by atoms with Gasteiger partial charge in [0.05, 0.1) is 18.1 Å². The van der Waals surface area contributed by atoms with Crippen molar-refractivity contribution in [2.45, 2.75) is 19.1 Å². The van der Waals surface area contributed by atoms with Crippen LogP contribution < -0.4 is 4.90 Å². The molecule has 2 aromatic carbocycles. The Kier molecular flexibility index (Phi) is 5.36. The number of esters is 1. The van der Waals surface area contributed by atoms with Gasteiger partial charge in [-0.25, -0.2) is 9.18 Å². The Bertz CT molecular complexity index is 856. The van der Waals surface area contributed by atoms with Crippen molar-refractivity contribution in [2.75, 3.05) is 25.1 Å². The zero-order chi connectivity index (χ0) is 19.6. The molecule has 8 heteroatoms. The quantitative estimate of drug-likeness (QED) is 0.463. The predicted molar refractivity (Wildman–Crippen MR) is 96.3 cm³/mol. The highest BCUT2D eigenvalue weighted by Gasteiger charge is 2.29. The minimum absolute atomic E-state index is 0.0996. The first-order valence-corrected chi connectivity index (χ1v) is 8.41. The summed E-state index contributed by atoms with van der Waals surface area (Å²) in [6, 6.07) is 10.5. The number of anilines is 1. The highest BCUT2D eigenvalue weighted by molar-refractivity contribution is 5.95. The molecule has 1 aliphatic heterocycles. The Morgan fingerprint density at radius 1 is 1.26 bits per heavy atom. The van der Waals surface area contributed by atoms with Crippen molar-refractivity contribution in [1.82, 2.24) is 0 Å². The Morgan fingerprint density at radius 3 is 2.59 bits per heavy atom. The smallest absolute Gasteiger partial charge is 0.344 e. The number of methoxy groups -OCH3 is 1. The Morgan fingerprint density at radius 2 is 1.96 bits per heavy atom. The highest BCUT2D eigenvalue weighted by Crippen LogP contribution is 2.31. The van der Waals surface area contributed by atoms with Crippen molar-refractivity contribution >= 4 is 17.3 Å². The van der Waals surface area contributed by atoms with Crippen molar-refractivity contribution in [1.29, 1.82) is 0 Å². The van der Waals surface area contributed by atoms with Crippen LogP contribution in [-0.4, -0.2) is 37.2 Å². The summed E-state index contributed by atoms with van der Waals surface area (Å²) in [5, 5.41) is 11.2. The van der Waals surface area contributed by atoms with Gasteiger partial charge in [-0.2, -0.15) is 0 Å². The first kappa shape index (κ1) is 18.8. The number of rotatable bonds is 4. The average molecular weight is 374 g/mol. The maximum absolute atomic E-state index is 13.2. The molecule has 0 amide bonds. The first-order valence-electron chi connectivity index (χ1n) is 8.41. The van der Waals surface area contributed by atoms with Crippen LogP contribution in [0.5, 0.6) is 0 Å². The number of hydrogen-bond acceptors (Lipinski definition) is 6. The number of halogens is 1. The summed E-state index contributed by atoms with van der Waals surface area (Å²) < 4.78 is 23.8. The molecule has 0 spiro atoms. The molecule has 0 aromatic heterocycles. The van der Waals surface area contributed by atoms with Crippen LogP contribution in [0.25, 0.3) is 0 Å². The largest absolute Gasteiger partial charge is 0.465 e. The molecular formula is C19H19FN2O5. The molecule has 0 bridgehead atoms. The van der Waals surface area contributed by atoms with Gasteiger partial charge >= 0.3 is 5.97 Å². The van der Waals surface area contributed by atoms with E-state index < -0.39 is 10.9 Å². The molecular weight excluding hydrogens is 355 g/mol. The summed E-state index contributed by atoms with van der Waals surface area (Å²) >= 11 is 0. The Hall–Kier alpha value is -3.00. The molecule has 0 aliphatic carbocycles. The molecule has 2 unspecified atom stereocenters. The minimum Gasteiger partial charge on any atom is -0.465 e. The van der Waals surface area contributed by atoms with Crippen LogP contribution in [-0.2, 0) is 9.47 Å². The maximum Gasteiger partial charge on any atom is 0.344 e. The van der Waals surface area contributed by atoms with Gasteiger partial charge in [0.2, 0.25) is 0 Å². The van der Waals surface area contributed by atoms with E-state index in [4.69, 9.17) is 4.74 Å². The van der Waals surface area contributed by atoms with Crippen LogP contribution in [0.3, 0.4) is 0 Å². The van der Waals surface area contributed by atoms with E-state index in [1.807, 2.05) is 11.8 Å². The number of ether oxygens (including phenoxy) is 2. The molecule has 142 valence electrons. The van der Waals surface area contributed by atoms with Crippen molar-refractivity contribution in [3.8, 4) is 0 Å². The standard InChI is InChI=1S/C19H19FN2O5/c1-12-10-21(11-18(27-12)13-3-5-14(20)6-4-13)15-7-8-17(22(24)25)16(9-15)19(23)26-2/h3-9,12,18H,10-11H2,1-2H3. The van der Waals surface area contributed by atoms with Crippen molar-refractivity contribution < 1.29 is 23.6 Å². The summed E-state index contributed by atoms with van der Waals surface area (Å²) in [4.78, 5) is 24.5. The number of nitrogens with zero attached hydrogens (tertiary/aromatic N) is 2. The minimum atomic E-state index is -0.764. The van der Waals surface area contributed by atoms with Gasteiger partial charge in [0.25, 0.3) is 5.69 Å². The van der Waals surface area contributed by atoms with E-state index in [9.17, 15) is 19.3 Å². The van der Waals surface area contributed by atoms with Crippen molar-refractivity contribution in [3.05, 3.63) is 69.5 Å². The number of nitro benzene ring substituents is 1. The first-order chi connectivity index (χ1) is 12.9. The second kappa shape index (κ2) is 7.71. The van der Waals surface area contributed by atoms with Gasteiger partial charge < -0.3 is 14.4 Å². The van der Waals surface area contributed by atoms with E-state index in [2.05, 4.69) is 4.74 Å². The maximum atomic E-state index is 13.2. The van der Waals surface area contributed by atoms with E-state index >= 15 is 0 Å². The van der Waals surface area contributed by atoms with E-state index in [-0.39, 0.29) is 29.3 Å². The Balaban J connectivity index is 1.91. The molecule has 7 nitrogen and oxygen atoms in total. The predicted octanol–water partition coefficient (Wildman–Crippen LogP) is 3.49. The second-order valence-electron chi connectivity index (χ2n) is 6.34. The Labute approximate surface area is 155 Å². The molecule has 1 heterocycles. The number of benzene rings is 2. The zero-order valence-corrected chi connectivity index (χ0v) is 14.9. The monoisotopic (exact) mass is 374 g/mol. The third-order valence-electron chi connectivity index (χ3n) is 4.45. The van der Waals surface area contributed by atoms with Gasteiger partial charge in [-0.1, -0.05) is 12.1 Å². The third-order valence-corrected chi connectivity index (χ3v) is 4.45. The summed E-state index contributed by atoms with van der Waals surface area (Å²) in [6.45, 7) is 2.93. The number of hydrogen-bond donors (Lipinski definition) is 0. The van der Waals surface area contributed by atoms with Crippen molar-refractivity contribution in [3.63, 3.8) is 0 Å². The van der Waals surface area contributed by atoms with Crippen LogP contribution in [0.15, 0.2) is 42.5 Å². The zero-order valence-electron chi connectivity index (χ0n) is 14.9. The molecule has 3 rings (SSSR count). The average Bonchev–Trinajstić information content (AvgIpc) is 2.66. The third kappa shape index (κ3) is 4.06. The van der Waals surface area contributed by atoms with E-state index in [0.29, 0.717) is 18.8 Å². The van der Waals surface area contributed by atoms with Gasteiger partial charge in [0.1, 0.15) is 17.5 Å². The molecule has 0 saturated carbocycles. The lowest BCUT2D eigenvalue weighted by Gasteiger charge is -2.38. The summed E-state index contributed by atoms with van der Waals surface area (Å²) in [6.07, 6.45) is -0.406. The molecule has 1 fully saturated rings. The van der Waals surface area contributed by atoms with Gasteiger partial charge in [-0.15, -0.1) is 0 Å². The van der Waals surface area contributed by atoms with E-state index in [1.165, 1.54) is 31.4 Å². The molecule has 2 aromatic rings. The van der Waals surface area contributed by atoms with Crippen LogP contribution in [0, 0.1) is 15.9 Å². The lowest BCUT2D eigenvalue weighted by Crippen LogP contribution is -2.43. The second-order valence-corrected chi connectivity index (χ2v) is 6.34. The van der Waals surface area contributed by atoms with Gasteiger partial charge in [0.15, 0.2) is 0 Å². The molecule has 0 radical (unpaired) electrons. The van der Waals surface area contributed by atoms with E-state index in [1.54, 1.807) is 18.2 Å². The van der Waals surface area contributed by atoms with Crippen LogP contribution in [0.4, 0.5) is 15.8 Å². The summed E-state index contributed by atoms with van der Waals surface area (Å²) in [5.41, 5.74) is 1.09. The molecule has 27 heavy (non-hydrogen) atoms. The molecule has 0 N–H and O–H groups in total. The number of morpholine rings is 1. The normalized spacial score (nSPS) is 19.6. The fourth-order valence-electron chi connectivity index (χ4n) is 3.18. The topological polar surface area (TPSA) is 81.9 Å². The SMILES string of the molecule is COC(=O)c1cc(N2CC(C)OC(c3ccc(F)cc3)C2)ccc1[N+](=O)[O-]. The van der Waals surface area contributed by atoms with Crippen LogP contribution in [0.2, 0.25) is 0 Å². The van der Waals surface area contributed by atoms with Crippen LogP contribution in [0.1, 0.15) is 28.9 Å². The number of carbonyl (C=O) groups excluding carboxylic acids is 1. The highest BCUT2D eigenvalue weighted by atomic mass is 19.1. The van der Waals surface area contributed by atoms with Crippen LogP contribution >= 0.6 is 0 Å². The number of carbonyl (C=O) groups is 1. The fraction of sp³-hybridized carbons (Fsp3) is 0.316. The van der Waals surface area contributed by atoms with Gasteiger partial charge in [-0.05, 0) is 36.8 Å². The van der Waals surface area contributed by atoms with Crippen molar-refractivity contribution in [2.24, 2.45) is 0 Å². The fourth-order valence-corrected chi connectivity index (χ4v) is 3.18. The lowest BCUT2D eigenvalue weighted by atomic mass is 10.0. The lowest BCUT2D eigenvalue weighted by molar-refractivity contribution is -0.385. The number of nitro groups is 1. The molecule has 1 aliphatic rings. The summed E-state index contributed by atoms with van der Waals surface area (Å²) in [7, 11) is 1.18. The van der Waals surface area contributed by atoms with Gasteiger partial charge in [0, 0.05) is 24.8 Å². The van der Waals surface area contributed by atoms with Gasteiger partial charge in [-0.3, -0.25) is 10.1 Å². The summed E-state index contributed by atoms with van der Waals surface area (Å²) in [5.74, 6) is -1.09. The van der Waals surface area contributed by atoms with E-state index in [0.717, 1.165) is 5.56 Å². The molecule has 2 atom stereocenters. The molecule has 1 saturated heterocycles.